The maximum absolute atomic E-state index is 12.5. The van der Waals surface area contributed by atoms with Gasteiger partial charge in [0.15, 0.2) is 0 Å². The van der Waals surface area contributed by atoms with E-state index in [1.165, 1.54) is 0 Å². The van der Waals surface area contributed by atoms with Crippen LogP contribution in [0.3, 0.4) is 0 Å². The number of anilines is 1. The molecule has 1 aromatic carbocycles. The smallest absolute Gasteiger partial charge is 0.322 e. The molecule has 120 valence electrons. The van der Waals surface area contributed by atoms with Gasteiger partial charge in [-0.05, 0) is 29.8 Å². The van der Waals surface area contributed by atoms with Crippen molar-refractivity contribution >= 4 is 11.6 Å². The lowest BCUT2D eigenvalue weighted by Crippen LogP contribution is -2.39. The number of hydrogen-bond donors (Lipinski definition) is 2. The number of pyridine rings is 1. The molecule has 24 heavy (non-hydrogen) atoms. The standard InChI is InChI=1S/C17H14N4O3/c22-15(20-13-4-2-1-3-5-13)14-10-19-17(24)21(16(14)23)11-12-6-8-18-9-7-12/h1-10H,11H2,(H,19,24)(H,20,22). The summed E-state index contributed by atoms with van der Waals surface area (Å²) in [6.07, 6.45) is 4.27. The molecule has 7 heteroatoms. The van der Waals surface area contributed by atoms with Crippen molar-refractivity contribution < 1.29 is 4.79 Å². The van der Waals surface area contributed by atoms with Gasteiger partial charge >= 0.3 is 5.69 Å². The van der Waals surface area contributed by atoms with E-state index >= 15 is 0 Å². The van der Waals surface area contributed by atoms with Crippen LogP contribution in [0.25, 0.3) is 0 Å². The Morgan fingerprint density at radius 3 is 2.50 bits per heavy atom. The van der Waals surface area contributed by atoms with Gasteiger partial charge in [0.1, 0.15) is 5.56 Å². The minimum Gasteiger partial charge on any atom is -0.322 e. The van der Waals surface area contributed by atoms with Gasteiger partial charge in [0.25, 0.3) is 11.5 Å². The van der Waals surface area contributed by atoms with E-state index in [1.54, 1.807) is 48.8 Å². The molecular weight excluding hydrogens is 308 g/mol. The van der Waals surface area contributed by atoms with E-state index in [2.05, 4.69) is 15.3 Å². The Balaban J connectivity index is 1.93. The summed E-state index contributed by atoms with van der Waals surface area (Å²) in [6, 6.07) is 12.2. The summed E-state index contributed by atoms with van der Waals surface area (Å²) in [5, 5.41) is 2.63. The van der Waals surface area contributed by atoms with Gasteiger partial charge < -0.3 is 10.3 Å². The van der Waals surface area contributed by atoms with Crippen LogP contribution in [0, 0.1) is 0 Å². The summed E-state index contributed by atoms with van der Waals surface area (Å²) >= 11 is 0. The van der Waals surface area contributed by atoms with Crippen molar-refractivity contribution in [2.45, 2.75) is 6.54 Å². The number of rotatable bonds is 4. The fourth-order valence-electron chi connectivity index (χ4n) is 2.21. The van der Waals surface area contributed by atoms with Crippen molar-refractivity contribution in [3.63, 3.8) is 0 Å². The van der Waals surface area contributed by atoms with Gasteiger partial charge in [-0.25, -0.2) is 4.79 Å². The highest BCUT2D eigenvalue weighted by Gasteiger charge is 2.15. The maximum atomic E-state index is 12.5. The van der Waals surface area contributed by atoms with Gasteiger partial charge in [0.05, 0.1) is 6.54 Å². The summed E-state index contributed by atoms with van der Waals surface area (Å²) in [5.74, 6) is -0.578. The normalized spacial score (nSPS) is 10.3. The molecule has 0 spiro atoms. The first-order chi connectivity index (χ1) is 11.6. The van der Waals surface area contributed by atoms with Crippen LogP contribution in [0.15, 0.2) is 70.6 Å². The highest BCUT2D eigenvalue weighted by Crippen LogP contribution is 2.06. The zero-order valence-electron chi connectivity index (χ0n) is 12.6. The molecule has 7 nitrogen and oxygen atoms in total. The Hall–Kier alpha value is -3.48. The molecule has 0 fully saturated rings. The fraction of sp³-hybridized carbons (Fsp3) is 0.0588. The monoisotopic (exact) mass is 322 g/mol. The largest absolute Gasteiger partial charge is 0.328 e. The second-order valence-corrected chi connectivity index (χ2v) is 5.07. The van der Waals surface area contributed by atoms with Crippen LogP contribution in [-0.4, -0.2) is 20.4 Å². The summed E-state index contributed by atoms with van der Waals surface area (Å²) in [6.45, 7) is 0.0587. The third kappa shape index (κ3) is 3.30. The Morgan fingerprint density at radius 1 is 1.08 bits per heavy atom. The molecule has 0 aliphatic rings. The molecule has 2 aromatic heterocycles. The number of amides is 1. The predicted molar refractivity (Wildman–Crippen MR) is 89.1 cm³/mol. The van der Waals surface area contributed by atoms with E-state index in [0.717, 1.165) is 16.3 Å². The van der Waals surface area contributed by atoms with Crippen molar-refractivity contribution in [2.24, 2.45) is 0 Å². The van der Waals surface area contributed by atoms with Crippen molar-refractivity contribution in [1.29, 1.82) is 0 Å². The predicted octanol–water partition coefficient (Wildman–Crippen LogP) is 1.23. The van der Waals surface area contributed by atoms with Crippen molar-refractivity contribution in [1.82, 2.24) is 14.5 Å². The van der Waals surface area contributed by atoms with Crippen LogP contribution < -0.4 is 16.6 Å². The number of H-pyrrole nitrogens is 1. The van der Waals surface area contributed by atoms with Gasteiger partial charge in [-0.3, -0.25) is 19.1 Å². The number of carbonyl (C=O) groups is 1. The van der Waals surface area contributed by atoms with Crippen LogP contribution >= 0.6 is 0 Å². The molecule has 0 aliphatic heterocycles. The van der Waals surface area contributed by atoms with Gasteiger partial charge in [0.2, 0.25) is 0 Å². The summed E-state index contributed by atoms with van der Waals surface area (Å²) in [4.78, 5) is 43.0. The van der Waals surface area contributed by atoms with E-state index in [0.29, 0.717) is 5.69 Å². The minimum atomic E-state index is -0.649. The molecule has 2 heterocycles. The Kier molecular flexibility index (Phi) is 4.33. The highest BCUT2D eigenvalue weighted by atomic mass is 16.2. The first-order valence-electron chi connectivity index (χ1n) is 7.23. The number of nitrogens with one attached hydrogen (secondary N) is 2. The van der Waals surface area contributed by atoms with Crippen molar-refractivity contribution in [2.75, 3.05) is 5.32 Å². The van der Waals surface area contributed by atoms with E-state index in [-0.39, 0.29) is 12.1 Å². The lowest BCUT2D eigenvalue weighted by molar-refractivity contribution is 0.102. The van der Waals surface area contributed by atoms with E-state index in [1.807, 2.05) is 6.07 Å². The van der Waals surface area contributed by atoms with Crippen molar-refractivity contribution in [3.8, 4) is 0 Å². The first kappa shape index (κ1) is 15.4. The third-order valence-corrected chi connectivity index (χ3v) is 3.43. The fourth-order valence-corrected chi connectivity index (χ4v) is 2.21. The second-order valence-electron chi connectivity index (χ2n) is 5.07. The topological polar surface area (TPSA) is 96.8 Å². The molecule has 3 aromatic rings. The number of benzene rings is 1. The molecule has 0 radical (unpaired) electrons. The molecule has 3 rings (SSSR count). The molecule has 2 N–H and O–H groups in total. The quantitative estimate of drug-likeness (QED) is 0.755. The van der Waals surface area contributed by atoms with Crippen molar-refractivity contribution in [3.05, 3.63) is 93.0 Å². The third-order valence-electron chi connectivity index (χ3n) is 3.43. The average Bonchev–Trinajstić information content (AvgIpc) is 2.60. The Morgan fingerprint density at radius 2 is 1.79 bits per heavy atom. The number of aromatic nitrogens is 3. The van der Waals surface area contributed by atoms with Gasteiger partial charge in [-0.1, -0.05) is 18.2 Å². The molecule has 0 aliphatic carbocycles. The molecular formula is C17H14N4O3. The number of carbonyl (C=O) groups excluding carboxylic acids is 1. The summed E-state index contributed by atoms with van der Waals surface area (Å²) in [7, 11) is 0. The highest BCUT2D eigenvalue weighted by molar-refractivity contribution is 6.03. The van der Waals surface area contributed by atoms with Crippen LogP contribution in [-0.2, 0) is 6.54 Å². The second kappa shape index (κ2) is 6.74. The zero-order chi connectivity index (χ0) is 16.9. The molecule has 0 bridgehead atoms. The lowest BCUT2D eigenvalue weighted by atomic mass is 10.2. The van der Waals surface area contributed by atoms with E-state index in [4.69, 9.17) is 0 Å². The SMILES string of the molecule is O=C(Nc1ccccc1)c1c[nH]c(=O)n(Cc2ccncc2)c1=O. The summed E-state index contributed by atoms with van der Waals surface area (Å²) < 4.78 is 0.981. The zero-order valence-corrected chi connectivity index (χ0v) is 12.6. The maximum Gasteiger partial charge on any atom is 0.328 e. The van der Waals surface area contributed by atoms with Crippen LogP contribution in [0.4, 0.5) is 5.69 Å². The lowest BCUT2D eigenvalue weighted by Gasteiger charge is -2.08. The van der Waals surface area contributed by atoms with Gasteiger partial charge in [0, 0.05) is 24.3 Å². The first-order valence-corrected chi connectivity index (χ1v) is 7.23. The number of hydrogen-bond acceptors (Lipinski definition) is 4. The summed E-state index contributed by atoms with van der Waals surface area (Å²) in [5.41, 5.74) is -0.0587. The number of para-hydroxylation sites is 1. The molecule has 0 unspecified atom stereocenters. The Labute approximate surface area is 136 Å². The van der Waals surface area contributed by atoms with E-state index < -0.39 is 17.2 Å². The molecule has 0 saturated heterocycles. The average molecular weight is 322 g/mol. The number of aromatic amines is 1. The number of nitrogens with zero attached hydrogens (tertiary/aromatic N) is 2. The van der Waals surface area contributed by atoms with Crippen LogP contribution in [0.2, 0.25) is 0 Å². The molecule has 1 amide bonds. The van der Waals surface area contributed by atoms with E-state index in [9.17, 15) is 14.4 Å². The Bertz CT molecular complexity index is 962. The molecule has 0 atom stereocenters. The van der Waals surface area contributed by atoms with Crippen LogP contribution in [0.5, 0.6) is 0 Å². The van der Waals surface area contributed by atoms with Crippen LogP contribution in [0.1, 0.15) is 15.9 Å². The molecule has 0 saturated carbocycles. The van der Waals surface area contributed by atoms with Gasteiger partial charge in [-0.2, -0.15) is 0 Å². The minimum absolute atomic E-state index is 0.0587. The van der Waals surface area contributed by atoms with Gasteiger partial charge in [-0.15, -0.1) is 0 Å².